The van der Waals surface area contributed by atoms with Gasteiger partial charge in [-0.25, -0.2) is 4.39 Å². The Labute approximate surface area is 87.4 Å². The highest BCUT2D eigenvalue weighted by atomic mass is 19.1. The van der Waals surface area contributed by atoms with Gasteiger partial charge in [-0.3, -0.25) is 0 Å². The first kappa shape index (κ1) is 9.77. The van der Waals surface area contributed by atoms with Crippen LogP contribution in [0.25, 0.3) is 0 Å². The maximum atomic E-state index is 12.6. The van der Waals surface area contributed by atoms with Crippen molar-refractivity contribution in [1.82, 2.24) is 4.98 Å². The summed E-state index contributed by atoms with van der Waals surface area (Å²) in [5, 5.41) is 9.38. The van der Waals surface area contributed by atoms with E-state index in [1.165, 1.54) is 12.1 Å². The molecule has 0 atom stereocenters. The molecular formula is C12H12FNO. The zero-order valence-electron chi connectivity index (χ0n) is 8.20. The average Bonchev–Trinajstić information content (AvgIpc) is 2.63. The van der Waals surface area contributed by atoms with Crippen LogP contribution < -0.4 is 0 Å². The predicted molar refractivity (Wildman–Crippen MR) is 56.3 cm³/mol. The number of rotatable bonds is 3. The van der Waals surface area contributed by atoms with E-state index in [4.69, 9.17) is 0 Å². The molecule has 0 aliphatic heterocycles. The summed E-state index contributed by atoms with van der Waals surface area (Å²) in [6, 6.07) is 6.43. The van der Waals surface area contributed by atoms with E-state index in [1.54, 1.807) is 24.5 Å². The zero-order chi connectivity index (χ0) is 10.7. The number of aryl methyl sites for hydroxylation is 2. The van der Waals surface area contributed by atoms with E-state index in [0.29, 0.717) is 0 Å². The van der Waals surface area contributed by atoms with Crippen molar-refractivity contribution in [3.8, 4) is 5.75 Å². The lowest BCUT2D eigenvalue weighted by Crippen LogP contribution is -1.90. The number of nitrogens with one attached hydrogen (secondary N) is 1. The van der Waals surface area contributed by atoms with Gasteiger partial charge in [0.05, 0.1) is 0 Å². The van der Waals surface area contributed by atoms with Crippen LogP contribution in [-0.2, 0) is 12.8 Å². The third-order valence-electron chi connectivity index (χ3n) is 2.40. The van der Waals surface area contributed by atoms with E-state index in [0.717, 1.165) is 24.0 Å². The van der Waals surface area contributed by atoms with Crippen LogP contribution in [0, 0.1) is 5.82 Å². The molecule has 0 unspecified atom stereocenters. The van der Waals surface area contributed by atoms with Crippen LogP contribution in [0.2, 0.25) is 0 Å². The Bertz CT molecular complexity index is 433. The molecule has 0 spiro atoms. The van der Waals surface area contributed by atoms with Crippen molar-refractivity contribution < 1.29 is 9.50 Å². The van der Waals surface area contributed by atoms with Crippen molar-refractivity contribution in [2.75, 3.05) is 0 Å². The minimum atomic E-state index is -0.219. The van der Waals surface area contributed by atoms with E-state index >= 15 is 0 Å². The molecule has 1 aromatic heterocycles. The Hall–Kier alpha value is -1.77. The summed E-state index contributed by atoms with van der Waals surface area (Å²) in [6.45, 7) is 0. The number of aromatic hydroxyl groups is 1. The van der Waals surface area contributed by atoms with Crippen molar-refractivity contribution in [2.24, 2.45) is 0 Å². The van der Waals surface area contributed by atoms with Gasteiger partial charge in [-0.15, -0.1) is 0 Å². The van der Waals surface area contributed by atoms with Gasteiger partial charge in [-0.1, -0.05) is 12.1 Å². The maximum absolute atomic E-state index is 12.6. The van der Waals surface area contributed by atoms with Gasteiger partial charge in [0.2, 0.25) is 0 Å². The van der Waals surface area contributed by atoms with E-state index < -0.39 is 0 Å². The molecule has 0 aliphatic rings. The van der Waals surface area contributed by atoms with Crippen molar-refractivity contribution >= 4 is 0 Å². The van der Waals surface area contributed by atoms with Crippen molar-refractivity contribution in [1.29, 1.82) is 0 Å². The summed E-state index contributed by atoms with van der Waals surface area (Å²) >= 11 is 0. The van der Waals surface area contributed by atoms with Gasteiger partial charge in [0.15, 0.2) is 0 Å². The van der Waals surface area contributed by atoms with Crippen molar-refractivity contribution in [3.05, 3.63) is 53.6 Å². The molecule has 2 N–H and O–H groups in total. The fraction of sp³-hybridized carbons (Fsp3) is 0.167. The van der Waals surface area contributed by atoms with Gasteiger partial charge < -0.3 is 10.1 Å². The fourth-order valence-electron chi connectivity index (χ4n) is 1.52. The zero-order valence-corrected chi connectivity index (χ0v) is 8.20. The van der Waals surface area contributed by atoms with Gasteiger partial charge in [0.25, 0.3) is 0 Å². The molecule has 0 aliphatic carbocycles. The third-order valence-corrected chi connectivity index (χ3v) is 2.40. The van der Waals surface area contributed by atoms with Gasteiger partial charge in [0.1, 0.15) is 11.6 Å². The summed E-state index contributed by atoms with van der Waals surface area (Å²) in [5.74, 6) is 0.0698. The monoisotopic (exact) mass is 205 g/mol. The largest absolute Gasteiger partial charge is 0.506 e. The minimum Gasteiger partial charge on any atom is -0.506 e. The van der Waals surface area contributed by atoms with E-state index in [2.05, 4.69) is 4.98 Å². The Balaban J connectivity index is 1.99. The van der Waals surface area contributed by atoms with Crippen LogP contribution in [-0.4, -0.2) is 10.1 Å². The van der Waals surface area contributed by atoms with Crippen LogP contribution in [0.3, 0.4) is 0 Å². The van der Waals surface area contributed by atoms with Gasteiger partial charge in [-0.2, -0.15) is 0 Å². The summed E-state index contributed by atoms with van der Waals surface area (Å²) < 4.78 is 12.6. The van der Waals surface area contributed by atoms with Crippen LogP contribution in [0.4, 0.5) is 4.39 Å². The summed E-state index contributed by atoms with van der Waals surface area (Å²) in [7, 11) is 0. The number of halogens is 1. The van der Waals surface area contributed by atoms with Crippen LogP contribution >= 0.6 is 0 Å². The standard InChI is InChI=1S/C12H12FNO/c13-11-5-2-9(3-6-11)1-4-10-7-14-8-12(10)15/h2-3,5-8,14-15H,1,4H2. The Morgan fingerprint density at radius 3 is 2.40 bits per heavy atom. The van der Waals surface area contributed by atoms with Gasteiger partial charge in [0, 0.05) is 18.0 Å². The van der Waals surface area contributed by atoms with E-state index in [9.17, 15) is 9.50 Å². The number of hydrogen-bond donors (Lipinski definition) is 2. The van der Waals surface area contributed by atoms with Crippen LogP contribution in [0.5, 0.6) is 5.75 Å². The highest BCUT2D eigenvalue weighted by Gasteiger charge is 2.02. The number of aromatic amines is 1. The lowest BCUT2D eigenvalue weighted by atomic mass is 10.1. The third kappa shape index (κ3) is 2.37. The molecule has 0 fully saturated rings. The molecule has 0 bridgehead atoms. The van der Waals surface area contributed by atoms with E-state index in [-0.39, 0.29) is 11.6 Å². The molecule has 15 heavy (non-hydrogen) atoms. The first-order valence-corrected chi connectivity index (χ1v) is 4.85. The Morgan fingerprint density at radius 1 is 1.07 bits per heavy atom. The second-order valence-electron chi connectivity index (χ2n) is 3.49. The molecule has 2 aromatic rings. The Morgan fingerprint density at radius 2 is 1.80 bits per heavy atom. The van der Waals surface area contributed by atoms with E-state index in [1.807, 2.05) is 0 Å². The molecule has 2 nitrogen and oxygen atoms in total. The normalized spacial score (nSPS) is 10.5. The van der Waals surface area contributed by atoms with Crippen LogP contribution in [0.15, 0.2) is 36.7 Å². The quantitative estimate of drug-likeness (QED) is 0.794. The first-order valence-electron chi connectivity index (χ1n) is 4.85. The highest BCUT2D eigenvalue weighted by molar-refractivity contribution is 5.29. The Kier molecular flexibility index (Phi) is 2.72. The van der Waals surface area contributed by atoms with Crippen molar-refractivity contribution in [2.45, 2.75) is 12.8 Å². The lowest BCUT2D eigenvalue weighted by molar-refractivity contribution is 0.469. The summed E-state index contributed by atoms with van der Waals surface area (Å²) in [5.41, 5.74) is 1.95. The molecule has 0 saturated carbocycles. The summed E-state index contributed by atoms with van der Waals surface area (Å²) in [4.78, 5) is 2.83. The molecule has 0 saturated heterocycles. The summed E-state index contributed by atoms with van der Waals surface area (Å²) in [6.07, 6.45) is 4.88. The first-order chi connectivity index (χ1) is 7.25. The molecule has 0 radical (unpaired) electrons. The number of hydrogen-bond acceptors (Lipinski definition) is 1. The highest BCUT2D eigenvalue weighted by Crippen LogP contribution is 2.17. The molecule has 2 rings (SSSR count). The second kappa shape index (κ2) is 4.17. The fourth-order valence-corrected chi connectivity index (χ4v) is 1.52. The second-order valence-corrected chi connectivity index (χ2v) is 3.49. The molecule has 78 valence electrons. The van der Waals surface area contributed by atoms with Gasteiger partial charge in [-0.05, 0) is 30.5 Å². The molecule has 1 heterocycles. The molecule has 3 heteroatoms. The molecule has 1 aromatic carbocycles. The molecule has 0 amide bonds. The van der Waals surface area contributed by atoms with Gasteiger partial charge >= 0.3 is 0 Å². The molecular weight excluding hydrogens is 193 g/mol. The van der Waals surface area contributed by atoms with Crippen LogP contribution in [0.1, 0.15) is 11.1 Å². The maximum Gasteiger partial charge on any atom is 0.136 e. The lowest BCUT2D eigenvalue weighted by Gasteiger charge is -2.00. The SMILES string of the molecule is Oc1c[nH]cc1CCc1ccc(F)cc1. The predicted octanol–water partition coefficient (Wildman–Crippen LogP) is 2.64. The topological polar surface area (TPSA) is 36.0 Å². The number of H-pyrrole nitrogens is 1. The minimum absolute atomic E-state index is 0.219. The number of aromatic nitrogens is 1. The number of benzene rings is 1. The smallest absolute Gasteiger partial charge is 0.136 e. The average molecular weight is 205 g/mol. The van der Waals surface area contributed by atoms with Crippen molar-refractivity contribution in [3.63, 3.8) is 0 Å².